The minimum absolute atomic E-state index is 0.328. The minimum Gasteiger partial charge on any atom is -0.349 e. The van der Waals surface area contributed by atoms with E-state index in [1.807, 2.05) is 6.20 Å². The molecular weight excluding hydrogens is 224 g/mol. The van der Waals surface area contributed by atoms with Crippen LogP contribution >= 0.6 is 0 Å². The van der Waals surface area contributed by atoms with Crippen molar-refractivity contribution in [3.8, 4) is 0 Å². The van der Waals surface area contributed by atoms with Crippen molar-refractivity contribution in [2.45, 2.75) is 19.0 Å². The monoisotopic (exact) mass is 238 g/mol. The molecule has 4 rings (SSSR count). The minimum atomic E-state index is 0.328. The number of para-hydroxylation sites is 1. The molecule has 0 aliphatic carbocycles. The first kappa shape index (κ1) is 9.88. The van der Waals surface area contributed by atoms with Gasteiger partial charge in [0.05, 0.1) is 6.20 Å². The second-order valence-corrected chi connectivity index (χ2v) is 4.97. The molecule has 0 saturated heterocycles. The van der Waals surface area contributed by atoms with Gasteiger partial charge in [0.25, 0.3) is 0 Å². The van der Waals surface area contributed by atoms with Gasteiger partial charge in [0, 0.05) is 18.7 Å². The third-order valence-electron chi connectivity index (χ3n) is 4.08. The molecule has 0 fully saturated rings. The van der Waals surface area contributed by atoms with E-state index in [0.717, 1.165) is 11.5 Å². The fourth-order valence-electron chi connectivity index (χ4n) is 3.26. The van der Waals surface area contributed by atoms with Crippen LogP contribution in [-0.4, -0.2) is 23.2 Å². The summed E-state index contributed by atoms with van der Waals surface area (Å²) >= 11 is 0. The maximum Gasteiger partial charge on any atom is 0.161 e. The zero-order valence-corrected chi connectivity index (χ0v) is 10.4. The van der Waals surface area contributed by atoms with E-state index in [9.17, 15) is 0 Å². The quantitative estimate of drug-likeness (QED) is 0.706. The third-order valence-corrected chi connectivity index (χ3v) is 4.08. The van der Waals surface area contributed by atoms with Crippen LogP contribution in [0.4, 0.5) is 17.2 Å². The maximum absolute atomic E-state index is 4.46. The van der Waals surface area contributed by atoms with Gasteiger partial charge in [-0.25, -0.2) is 9.97 Å². The Balaban J connectivity index is 1.98. The highest BCUT2D eigenvalue weighted by Gasteiger charge is 2.45. The molecule has 3 heterocycles. The lowest BCUT2D eigenvalue weighted by molar-refractivity contribution is 0.603. The van der Waals surface area contributed by atoms with Crippen molar-refractivity contribution in [3.05, 3.63) is 42.4 Å². The normalized spacial score (nSPS) is 23.9. The molecule has 2 aliphatic heterocycles. The number of likely N-dealkylation sites (N-methyl/N-ethyl adjacent to an activating group) is 1. The van der Waals surface area contributed by atoms with Gasteiger partial charge < -0.3 is 9.80 Å². The Morgan fingerprint density at radius 1 is 1.17 bits per heavy atom. The second-order valence-electron chi connectivity index (χ2n) is 4.97. The zero-order chi connectivity index (χ0) is 12.3. The lowest BCUT2D eigenvalue weighted by Gasteiger charge is -2.26. The molecule has 90 valence electrons. The highest BCUT2D eigenvalue weighted by molar-refractivity contribution is 5.84. The van der Waals surface area contributed by atoms with E-state index < -0.39 is 0 Å². The van der Waals surface area contributed by atoms with Gasteiger partial charge in [0.2, 0.25) is 0 Å². The fourth-order valence-corrected chi connectivity index (χ4v) is 3.26. The van der Waals surface area contributed by atoms with Crippen LogP contribution < -0.4 is 9.80 Å². The van der Waals surface area contributed by atoms with Crippen molar-refractivity contribution in [2.24, 2.45) is 0 Å². The van der Waals surface area contributed by atoms with E-state index in [0.29, 0.717) is 12.1 Å². The van der Waals surface area contributed by atoms with Gasteiger partial charge in [-0.3, -0.25) is 0 Å². The molecule has 2 atom stereocenters. The summed E-state index contributed by atoms with van der Waals surface area (Å²) in [7, 11) is 2.12. The van der Waals surface area contributed by atoms with Crippen LogP contribution in [0.5, 0.6) is 0 Å². The molecule has 1 aromatic heterocycles. The van der Waals surface area contributed by atoms with Gasteiger partial charge >= 0.3 is 0 Å². The van der Waals surface area contributed by atoms with Crippen LogP contribution in [0.1, 0.15) is 18.4 Å². The summed E-state index contributed by atoms with van der Waals surface area (Å²) in [6.07, 6.45) is 3.85. The van der Waals surface area contributed by atoms with Gasteiger partial charge in [-0.2, -0.15) is 0 Å². The Kier molecular flexibility index (Phi) is 1.77. The first-order chi connectivity index (χ1) is 8.79. The summed E-state index contributed by atoms with van der Waals surface area (Å²) in [5.41, 5.74) is 3.79. The maximum atomic E-state index is 4.46. The largest absolute Gasteiger partial charge is 0.349 e. The Morgan fingerprint density at radius 2 is 2.00 bits per heavy atom. The number of nitrogens with zero attached hydrogens (tertiary/aromatic N) is 4. The van der Waals surface area contributed by atoms with Crippen molar-refractivity contribution >= 4 is 17.2 Å². The lowest BCUT2D eigenvalue weighted by atomic mass is 10.0. The summed E-state index contributed by atoms with van der Waals surface area (Å²) in [4.78, 5) is 13.2. The number of hydrogen-bond acceptors (Lipinski definition) is 4. The molecule has 0 amide bonds. The molecule has 18 heavy (non-hydrogen) atoms. The highest BCUT2D eigenvalue weighted by atomic mass is 15.5. The topological polar surface area (TPSA) is 32.3 Å². The number of hydrogen-bond donors (Lipinski definition) is 0. The Hall–Kier alpha value is -2.10. The van der Waals surface area contributed by atoms with Crippen LogP contribution in [0.3, 0.4) is 0 Å². The molecule has 0 radical (unpaired) electrons. The van der Waals surface area contributed by atoms with Gasteiger partial charge in [-0.1, -0.05) is 25.1 Å². The summed E-state index contributed by atoms with van der Waals surface area (Å²) in [6, 6.07) is 8.59. The molecule has 1 aromatic carbocycles. The summed E-state index contributed by atoms with van der Waals surface area (Å²) in [6.45, 7) is 2.28. The SMILES string of the molecule is CC1c2ccccc2N2c3ncncc3N(C)C12. The van der Waals surface area contributed by atoms with Crippen molar-refractivity contribution in [3.63, 3.8) is 0 Å². The number of aromatic nitrogens is 2. The Morgan fingerprint density at radius 3 is 2.89 bits per heavy atom. The van der Waals surface area contributed by atoms with E-state index in [2.05, 4.69) is 58.0 Å². The van der Waals surface area contributed by atoms with Crippen LogP contribution in [0.25, 0.3) is 0 Å². The molecule has 0 N–H and O–H groups in total. The number of rotatable bonds is 0. The Bertz CT molecular complexity index is 571. The van der Waals surface area contributed by atoms with E-state index in [1.165, 1.54) is 11.3 Å². The predicted molar refractivity (Wildman–Crippen MR) is 71.2 cm³/mol. The molecular formula is C14H14N4. The van der Waals surface area contributed by atoms with Gasteiger partial charge in [-0.15, -0.1) is 0 Å². The number of fused-ring (bicyclic) bond motifs is 5. The molecule has 0 bridgehead atoms. The van der Waals surface area contributed by atoms with Crippen LogP contribution in [0.2, 0.25) is 0 Å². The van der Waals surface area contributed by atoms with Crippen molar-refractivity contribution in [1.29, 1.82) is 0 Å². The van der Waals surface area contributed by atoms with Gasteiger partial charge in [0.15, 0.2) is 5.82 Å². The summed E-state index contributed by atoms with van der Waals surface area (Å²) in [5, 5.41) is 0. The van der Waals surface area contributed by atoms with E-state index >= 15 is 0 Å². The van der Waals surface area contributed by atoms with Gasteiger partial charge in [-0.05, 0) is 11.6 Å². The molecule has 2 aromatic rings. The van der Waals surface area contributed by atoms with Crippen LogP contribution in [-0.2, 0) is 0 Å². The van der Waals surface area contributed by atoms with Crippen molar-refractivity contribution < 1.29 is 0 Å². The van der Waals surface area contributed by atoms with Crippen molar-refractivity contribution in [2.75, 3.05) is 16.8 Å². The standard InChI is InChI=1S/C14H14N4/c1-9-10-5-3-4-6-11(10)18-13-12(7-15-8-16-13)17(2)14(9)18/h3-9,14H,1-2H3. The molecule has 2 unspecified atom stereocenters. The van der Waals surface area contributed by atoms with Gasteiger partial charge in [0.1, 0.15) is 18.2 Å². The lowest BCUT2D eigenvalue weighted by Crippen LogP contribution is -2.38. The van der Waals surface area contributed by atoms with Crippen molar-refractivity contribution in [1.82, 2.24) is 9.97 Å². The first-order valence-electron chi connectivity index (χ1n) is 6.20. The molecule has 4 nitrogen and oxygen atoms in total. The summed E-state index contributed by atoms with van der Waals surface area (Å²) < 4.78 is 0. The predicted octanol–water partition coefficient (Wildman–Crippen LogP) is 2.51. The molecule has 0 saturated carbocycles. The highest BCUT2D eigenvalue weighted by Crippen LogP contribution is 2.52. The third kappa shape index (κ3) is 1.01. The van der Waals surface area contributed by atoms with E-state index in [-0.39, 0.29) is 0 Å². The van der Waals surface area contributed by atoms with Crippen LogP contribution in [0, 0.1) is 0 Å². The van der Waals surface area contributed by atoms with E-state index in [4.69, 9.17) is 0 Å². The zero-order valence-electron chi connectivity index (χ0n) is 10.4. The fraction of sp³-hybridized carbons (Fsp3) is 0.286. The number of benzene rings is 1. The molecule has 0 spiro atoms. The number of anilines is 3. The first-order valence-corrected chi connectivity index (χ1v) is 6.20. The van der Waals surface area contributed by atoms with Crippen LogP contribution in [0.15, 0.2) is 36.8 Å². The second kappa shape index (κ2) is 3.22. The smallest absolute Gasteiger partial charge is 0.161 e. The summed E-state index contributed by atoms with van der Waals surface area (Å²) in [5.74, 6) is 1.50. The molecule has 2 aliphatic rings. The Labute approximate surface area is 106 Å². The van der Waals surface area contributed by atoms with E-state index in [1.54, 1.807) is 6.33 Å². The molecule has 4 heteroatoms. The average Bonchev–Trinajstić information content (AvgIpc) is 2.87. The average molecular weight is 238 g/mol.